The van der Waals surface area contributed by atoms with Gasteiger partial charge in [0.2, 0.25) is 0 Å². The van der Waals surface area contributed by atoms with Crippen molar-refractivity contribution >= 4 is 23.5 Å². The average Bonchev–Trinajstić information content (AvgIpc) is 2.93. The van der Waals surface area contributed by atoms with Crippen LogP contribution in [0.5, 0.6) is 11.5 Å². The number of aromatic nitrogens is 1. The van der Waals surface area contributed by atoms with Gasteiger partial charge < -0.3 is 18.8 Å². The number of benzene rings is 2. The Hall–Kier alpha value is -2.57. The minimum absolute atomic E-state index is 0.367. The number of methoxy groups -OCH3 is 1. The Bertz CT molecular complexity index is 1000. The van der Waals surface area contributed by atoms with Crippen molar-refractivity contribution in [3.8, 4) is 11.5 Å². The van der Waals surface area contributed by atoms with E-state index in [0.717, 1.165) is 33.4 Å². The molecule has 1 fully saturated rings. The fourth-order valence-electron chi connectivity index (χ4n) is 3.22. The highest BCUT2D eigenvalue weighted by atomic mass is 16.7. The molecule has 2 heterocycles. The molecule has 5 nitrogen and oxygen atoms in total. The van der Waals surface area contributed by atoms with E-state index in [4.69, 9.17) is 18.8 Å². The highest BCUT2D eigenvalue weighted by Gasteiger charge is 2.51. The first-order valence-corrected chi connectivity index (χ1v) is 9.78. The molecule has 2 aromatic carbocycles. The van der Waals surface area contributed by atoms with Crippen LogP contribution in [-0.2, 0) is 15.9 Å². The number of hydrogen-bond acceptors (Lipinski definition) is 5. The number of ether oxygens (including phenoxy) is 2. The second-order valence-corrected chi connectivity index (χ2v) is 8.35. The van der Waals surface area contributed by atoms with Crippen LogP contribution in [0.4, 0.5) is 0 Å². The summed E-state index contributed by atoms with van der Waals surface area (Å²) < 4.78 is 23.5. The van der Waals surface area contributed by atoms with E-state index in [0.29, 0.717) is 6.61 Å². The zero-order chi connectivity index (χ0) is 20.6. The highest BCUT2D eigenvalue weighted by molar-refractivity contribution is 6.62. The first-order chi connectivity index (χ1) is 13.8. The van der Waals surface area contributed by atoms with Gasteiger partial charge in [-0.05, 0) is 63.0 Å². The summed E-state index contributed by atoms with van der Waals surface area (Å²) >= 11 is 0. The molecule has 150 valence electrons. The van der Waals surface area contributed by atoms with Gasteiger partial charge in [-0.1, -0.05) is 24.3 Å². The minimum atomic E-state index is -0.395. The van der Waals surface area contributed by atoms with Crippen LogP contribution in [0.1, 0.15) is 33.3 Å². The van der Waals surface area contributed by atoms with Crippen LogP contribution in [0.25, 0.3) is 10.9 Å². The molecule has 0 radical (unpaired) electrons. The lowest BCUT2D eigenvalue weighted by Gasteiger charge is -2.32. The highest BCUT2D eigenvalue weighted by Crippen LogP contribution is 2.36. The predicted molar refractivity (Wildman–Crippen MR) is 115 cm³/mol. The van der Waals surface area contributed by atoms with Gasteiger partial charge in [0.15, 0.2) is 0 Å². The second kappa shape index (κ2) is 7.36. The summed E-state index contributed by atoms with van der Waals surface area (Å²) in [5.41, 5.74) is 2.21. The van der Waals surface area contributed by atoms with Crippen molar-refractivity contribution in [3.05, 3.63) is 60.3 Å². The van der Waals surface area contributed by atoms with E-state index in [1.165, 1.54) is 0 Å². The minimum Gasteiger partial charge on any atom is -0.497 e. The molecular weight excluding hydrogens is 365 g/mol. The molecule has 0 unspecified atom stereocenters. The van der Waals surface area contributed by atoms with Crippen molar-refractivity contribution in [1.82, 2.24) is 4.98 Å². The van der Waals surface area contributed by atoms with E-state index in [-0.39, 0.29) is 11.2 Å². The molecule has 1 saturated heterocycles. The Balaban J connectivity index is 1.52. The summed E-state index contributed by atoms with van der Waals surface area (Å²) in [6.45, 7) is 8.69. The first kappa shape index (κ1) is 19.7. The largest absolute Gasteiger partial charge is 0.497 e. The van der Waals surface area contributed by atoms with E-state index in [2.05, 4.69) is 38.7 Å². The van der Waals surface area contributed by atoms with Gasteiger partial charge in [-0.3, -0.25) is 4.98 Å². The third-order valence-corrected chi connectivity index (χ3v) is 5.77. The van der Waals surface area contributed by atoms with Crippen molar-refractivity contribution < 1.29 is 18.8 Å². The molecule has 0 amide bonds. The van der Waals surface area contributed by atoms with Crippen LogP contribution in [-0.4, -0.2) is 30.4 Å². The SMILES string of the molecule is COc1ccc(COc2cnc3ccc(B4OC(C)(C)C(C)(C)O4)cc3c2)cc1. The van der Waals surface area contributed by atoms with Crippen LogP contribution in [0.2, 0.25) is 0 Å². The van der Waals surface area contributed by atoms with Gasteiger partial charge in [0.1, 0.15) is 18.1 Å². The molecule has 0 saturated carbocycles. The molecule has 0 atom stereocenters. The maximum absolute atomic E-state index is 6.17. The summed E-state index contributed by atoms with van der Waals surface area (Å²) in [6, 6.07) is 15.9. The van der Waals surface area contributed by atoms with E-state index in [1.807, 2.05) is 42.5 Å². The molecule has 4 rings (SSSR count). The molecule has 3 aromatic rings. The summed E-state index contributed by atoms with van der Waals surface area (Å²) in [5.74, 6) is 1.55. The topological polar surface area (TPSA) is 49.8 Å². The standard InChI is InChI=1S/C23H26BNO4/c1-22(2)23(3,4)29-24(28-22)18-8-11-21-17(12-18)13-20(14-25-21)27-15-16-6-9-19(26-5)10-7-16/h6-14H,15H2,1-5H3. The molecule has 6 heteroatoms. The maximum Gasteiger partial charge on any atom is 0.494 e. The van der Waals surface area contributed by atoms with Gasteiger partial charge in [0, 0.05) is 5.39 Å². The Kier molecular flexibility index (Phi) is 5.01. The molecule has 1 aliphatic heterocycles. The molecule has 0 N–H and O–H groups in total. The van der Waals surface area contributed by atoms with Crippen LogP contribution >= 0.6 is 0 Å². The molecular formula is C23H26BNO4. The lowest BCUT2D eigenvalue weighted by molar-refractivity contribution is 0.00578. The van der Waals surface area contributed by atoms with Crippen LogP contribution in [0, 0.1) is 0 Å². The van der Waals surface area contributed by atoms with Crippen molar-refractivity contribution in [3.63, 3.8) is 0 Å². The number of nitrogens with zero attached hydrogens (tertiary/aromatic N) is 1. The molecule has 29 heavy (non-hydrogen) atoms. The van der Waals surface area contributed by atoms with Gasteiger partial charge in [-0.2, -0.15) is 0 Å². The molecule has 1 aromatic heterocycles. The third kappa shape index (κ3) is 3.95. The molecule has 0 spiro atoms. The van der Waals surface area contributed by atoms with E-state index in [9.17, 15) is 0 Å². The number of hydrogen-bond donors (Lipinski definition) is 0. The predicted octanol–water partition coefficient (Wildman–Crippen LogP) is 4.12. The number of fused-ring (bicyclic) bond motifs is 1. The molecule has 1 aliphatic rings. The summed E-state index contributed by atoms with van der Waals surface area (Å²) in [6.07, 6.45) is 1.75. The monoisotopic (exact) mass is 391 g/mol. The summed E-state index contributed by atoms with van der Waals surface area (Å²) in [5, 5.41) is 0.990. The number of pyridine rings is 1. The Labute approximate surface area is 172 Å². The van der Waals surface area contributed by atoms with Gasteiger partial charge in [-0.25, -0.2) is 0 Å². The number of rotatable bonds is 5. The molecule has 0 aliphatic carbocycles. The van der Waals surface area contributed by atoms with E-state index in [1.54, 1.807) is 13.3 Å². The fraction of sp³-hybridized carbons (Fsp3) is 0.348. The Morgan fingerprint density at radius 3 is 2.24 bits per heavy atom. The van der Waals surface area contributed by atoms with Gasteiger partial charge >= 0.3 is 7.12 Å². The lowest BCUT2D eigenvalue weighted by Crippen LogP contribution is -2.41. The zero-order valence-electron chi connectivity index (χ0n) is 17.6. The van der Waals surface area contributed by atoms with Crippen LogP contribution < -0.4 is 14.9 Å². The van der Waals surface area contributed by atoms with Crippen molar-refractivity contribution in [2.24, 2.45) is 0 Å². The maximum atomic E-state index is 6.17. The van der Waals surface area contributed by atoms with Crippen molar-refractivity contribution in [2.75, 3.05) is 7.11 Å². The van der Waals surface area contributed by atoms with Crippen LogP contribution in [0.3, 0.4) is 0 Å². The van der Waals surface area contributed by atoms with Gasteiger partial charge in [0.05, 0.1) is 30.0 Å². The summed E-state index contributed by atoms with van der Waals surface area (Å²) in [4.78, 5) is 4.52. The van der Waals surface area contributed by atoms with Gasteiger partial charge in [0.25, 0.3) is 0 Å². The third-order valence-electron chi connectivity index (χ3n) is 5.77. The lowest BCUT2D eigenvalue weighted by atomic mass is 9.78. The Morgan fingerprint density at radius 1 is 0.897 bits per heavy atom. The summed E-state index contributed by atoms with van der Waals surface area (Å²) in [7, 11) is 1.26. The van der Waals surface area contributed by atoms with E-state index >= 15 is 0 Å². The van der Waals surface area contributed by atoms with Crippen LogP contribution in [0.15, 0.2) is 54.7 Å². The van der Waals surface area contributed by atoms with Gasteiger partial charge in [-0.15, -0.1) is 0 Å². The Morgan fingerprint density at radius 2 is 1.59 bits per heavy atom. The smallest absolute Gasteiger partial charge is 0.494 e. The first-order valence-electron chi connectivity index (χ1n) is 9.78. The quantitative estimate of drug-likeness (QED) is 0.613. The normalized spacial score (nSPS) is 17.5. The molecule has 0 bridgehead atoms. The van der Waals surface area contributed by atoms with E-state index < -0.39 is 7.12 Å². The average molecular weight is 391 g/mol. The van der Waals surface area contributed by atoms with Crippen molar-refractivity contribution in [1.29, 1.82) is 0 Å². The zero-order valence-corrected chi connectivity index (χ0v) is 17.6. The second-order valence-electron chi connectivity index (χ2n) is 8.35. The van der Waals surface area contributed by atoms with Crippen molar-refractivity contribution in [2.45, 2.75) is 45.5 Å². The fourth-order valence-corrected chi connectivity index (χ4v) is 3.22.